The van der Waals surface area contributed by atoms with Crippen molar-refractivity contribution in [3.8, 4) is 6.07 Å². The highest BCUT2D eigenvalue weighted by Gasteiger charge is 2.20. The lowest BCUT2D eigenvalue weighted by Gasteiger charge is -2.35. The van der Waals surface area contributed by atoms with E-state index in [1.807, 2.05) is 17.0 Å². The van der Waals surface area contributed by atoms with Gasteiger partial charge in [0.15, 0.2) is 0 Å². The van der Waals surface area contributed by atoms with Gasteiger partial charge in [-0.15, -0.1) is 0 Å². The molecule has 0 unspecified atom stereocenters. The molecule has 0 saturated carbocycles. The van der Waals surface area contributed by atoms with Crippen LogP contribution in [0.25, 0.3) is 0 Å². The first-order chi connectivity index (χ1) is 13.0. The van der Waals surface area contributed by atoms with Gasteiger partial charge in [0.1, 0.15) is 0 Å². The summed E-state index contributed by atoms with van der Waals surface area (Å²) in [5, 5.41) is 22.6. The van der Waals surface area contributed by atoms with Crippen LogP contribution in [0.1, 0.15) is 5.56 Å². The zero-order valence-electron chi connectivity index (χ0n) is 14.7. The molecule has 1 aliphatic heterocycles. The molecule has 1 saturated heterocycles. The number of amides is 1. The highest BCUT2D eigenvalue weighted by atomic mass is 16.6. The first-order valence-electron chi connectivity index (χ1n) is 8.57. The van der Waals surface area contributed by atoms with Crippen molar-refractivity contribution >= 4 is 23.0 Å². The predicted octanol–water partition coefficient (Wildman–Crippen LogP) is 2.23. The average molecular weight is 365 g/mol. The van der Waals surface area contributed by atoms with Crippen molar-refractivity contribution < 1.29 is 9.72 Å². The molecule has 8 nitrogen and oxygen atoms in total. The monoisotopic (exact) mass is 365 g/mol. The third-order valence-electron chi connectivity index (χ3n) is 4.42. The van der Waals surface area contributed by atoms with Crippen LogP contribution in [0.2, 0.25) is 0 Å². The fourth-order valence-corrected chi connectivity index (χ4v) is 3.04. The molecule has 3 rings (SSSR count). The van der Waals surface area contributed by atoms with E-state index in [-0.39, 0.29) is 18.1 Å². The molecule has 1 aliphatic rings. The summed E-state index contributed by atoms with van der Waals surface area (Å²) in [6.07, 6.45) is 0. The molecule has 0 bridgehead atoms. The van der Waals surface area contributed by atoms with Crippen LogP contribution in [0.15, 0.2) is 48.5 Å². The van der Waals surface area contributed by atoms with Crippen LogP contribution in [0.4, 0.5) is 17.1 Å². The third-order valence-corrected chi connectivity index (χ3v) is 4.42. The Morgan fingerprint density at radius 2 is 1.89 bits per heavy atom. The zero-order valence-corrected chi connectivity index (χ0v) is 14.7. The van der Waals surface area contributed by atoms with Crippen molar-refractivity contribution in [2.75, 3.05) is 42.9 Å². The highest BCUT2D eigenvalue weighted by molar-refractivity contribution is 5.92. The number of non-ortho nitro benzene ring substituents is 1. The number of hydrogen-bond donors (Lipinski definition) is 1. The van der Waals surface area contributed by atoms with Crippen LogP contribution >= 0.6 is 0 Å². The molecule has 0 aliphatic carbocycles. The Hall–Kier alpha value is -3.44. The van der Waals surface area contributed by atoms with Crippen molar-refractivity contribution in [1.29, 1.82) is 5.26 Å². The van der Waals surface area contributed by atoms with Gasteiger partial charge in [0, 0.05) is 49.7 Å². The number of nitro groups is 1. The maximum Gasteiger partial charge on any atom is 0.271 e. The Morgan fingerprint density at radius 3 is 2.59 bits per heavy atom. The van der Waals surface area contributed by atoms with E-state index < -0.39 is 4.92 Å². The molecule has 1 fully saturated rings. The van der Waals surface area contributed by atoms with E-state index in [4.69, 9.17) is 5.26 Å². The molecule has 0 aromatic heterocycles. The summed E-state index contributed by atoms with van der Waals surface area (Å²) in [4.78, 5) is 26.9. The summed E-state index contributed by atoms with van der Waals surface area (Å²) >= 11 is 0. The summed E-state index contributed by atoms with van der Waals surface area (Å²) in [6.45, 7) is 3.03. The number of piperazine rings is 1. The second-order valence-electron chi connectivity index (χ2n) is 6.28. The molecular weight excluding hydrogens is 346 g/mol. The minimum atomic E-state index is -0.397. The number of carbonyl (C=O) groups is 1. The summed E-state index contributed by atoms with van der Waals surface area (Å²) in [5.74, 6) is -0.131. The van der Waals surface area contributed by atoms with Gasteiger partial charge < -0.3 is 10.2 Å². The van der Waals surface area contributed by atoms with Gasteiger partial charge in [-0.05, 0) is 24.3 Å². The summed E-state index contributed by atoms with van der Waals surface area (Å²) < 4.78 is 0. The standard InChI is InChI=1S/C19H19N5O3/c20-13-15-3-1-4-16(11-15)21-19(25)14-22-7-9-23(10-8-22)17-5-2-6-18(12-17)24(26)27/h1-6,11-12H,7-10,14H2,(H,21,25). The third kappa shape index (κ3) is 4.80. The van der Waals surface area contributed by atoms with Crippen LogP contribution in [-0.2, 0) is 4.79 Å². The fourth-order valence-electron chi connectivity index (χ4n) is 3.04. The lowest BCUT2D eigenvalue weighted by Crippen LogP contribution is -2.48. The number of nitrogens with zero attached hydrogens (tertiary/aromatic N) is 4. The SMILES string of the molecule is N#Cc1cccc(NC(=O)CN2CCN(c3cccc([N+](=O)[O-])c3)CC2)c1. The van der Waals surface area contributed by atoms with Crippen molar-refractivity contribution in [2.24, 2.45) is 0 Å². The molecule has 0 atom stereocenters. The molecule has 1 heterocycles. The normalized spacial score (nSPS) is 14.4. The molecular formula is C19H19N5O3. The van der Waals surface area contributed by atoms with Crippen LogP contribution < -0.4 is 10.2 Å². The Labute approximate surface area is 156 Å². The number of benzene rings is 2. The van der Waals surface area contributed by atoms with E-state index in [9.17, 15) is 14.9 Å². The molecule has 2 aromatic carbocycles. The second kappa shape index (κ2) is 8.29. The van der Waals surface area contributed by atoms with Gasteiger partial charge >= 0.3 is 0 Å². The summed E-state index contributed by atoms with van der Waals surface area (Å²) in [5.41, 5.74) is 2.00. The molecule has 138 valence electrons. The maximum atomic E-state index is 12.2. The number of nitro benzene ring substituents is 1. The first kappa shape index (κ1) is 18.4. The van der Waals surface area contributed by atoms with E-state index in [0.717, 1.165) is 5.69 Å². The molecule has 1 amide bonds. The minimum Gasteiger partial charge on any atom is -0.369 e. The van der Waals surface area contributed by atoms with Crippen LogP contribution in [-0.4, -0.2) is 48.5 Å². The zero-order chi connectivity index (χ0) is 19.2. The van der Waals surface area contributed by atoms with Crippen LogP contribution in [0.5, 0.6) is 0 Å². The summed E-state index contributed by atoms with van der Waals surface area (Å²) in [6, 6.07) is 15.4. The second-order valence-corrected chi connectivity index (χ2v) is 6.28. The lowest BCUT2D eigenvalue weighted by molar-refractivity contribution is -0.384. The molecule has 27 heavy (non-hydrogen) atoms. The lowest BCUT2D eigenvalue weighted by atomic mass is 10.2. The smallest absolute Gasteiger partial charge is 0.271 e. The molecule has 0 radical (unpaired) electrons. The predicted molar refractivity (Wildman–Crippen MR) is 102 cm³/mol. The van der Waals surface area contributed by atoms with E-state index >= 15 is 0 Å². The van der Waals surface area contributed by atoms with Gasteiger partial charge in [0.25, 0.3) is 5.69 Å². The Kier molecular flexibility index (Phi) is 5.64. The number of nitriles is 1. The quantitative estimate of drug-likeness (QED) is 0.644. The Bertz CT molecular complexity index is 885. The molecule has 8 heteroatoms. The van der Waals surface area contributed by atoms with Gasteiger partial charge in [-0.3, -0.25) is 19.8 Å². The van der Waals surface area contributed by atoms with Gasteiger partial charge in [-0.2, -0.15) is 5.26 Å². The minimum absolute atomic E-state index is 0.0777. The topological polar surface area (TPSA) is 103 Å². The van der Waals surface area contributed by atoms with Gasteiger partial charge in [0.2, 0.25) is 5.91 Å². The number of hydrogen-bond acceptors (Lipinski definition) is 6. The van der Waals surface area contributed by atoms with Gasteiger partial charge in [-0.25, -0.2) is 0 Å². The molecule has 2 aromatic rings. The Morgan fingerprint density at radius 1 is 1.15 bits per heavy atom. The van der Waals surface area contributed by atoms with Crippen molar-refractivity contribution in [3.63, 3.8) is 0 Å². The molecule has 1 N–H and O–H groups in total. The Balaban J connectivity index is 1.52. The largest absolute Gasteiger partial charge is 0.369 e. The van der Waals surface area contributed by atoms with Crippen molar-refractivity contribution in [3.05, 3.63) is 64.2 Å². The fraction of sp³-hybridized carbons (Fsp3) is 0.263. The number of carbonyl (C=O) groups excluding carboxylic acids is 1. The van der Waals surface area contributed by atoms with Gasteiger partial charge in [-0.1, -0.05) is 12.1 Å². The maximum absolute atomic E-state index is 12.2. The van der Waals surface area contributed by atoms with E-state index in [1.54, 1.807) is 36.4 Å². The van der Waals surface area contributed by atoms with E-state index in [0.29, 0.717) is 37.4 Å². The number of rotatable bonds is 5. The van der Waals surface area contributed by atoms with E-state index in [2.05, 4.69) is 10.2 Å². The molecule has 0 spiro atoms. The van der Waals surface area contributed by atoms with Gasteiger partial charge in [0.05, 0.1) is 23.1 Å². The average Bonchev–Trinajstić information content (AvgIpc) is 2.68. The van der Waals surface area contributed by atoms with Crippen molar-refractivity contribution in [2.45, 2.75) is 0 Å². The number of nitrogens with one attached hydrogen (secondary N) is 1. The van der Waals surface area contributed by atoms with Crippen LogP contribution in [0, 0.1) is 21.4 Å². The van der Waals surface area contributed by atoms with Crippen molar-refractivity contribution in [1.82, 2.24) is 4.90 Å². The van der Waals surface area contributed by atoms with E-state index in [1.165, 1.54) is 6.07 Å². The number of anilines is 2. The highest BCUT2D eigenvalue weighted by Crippen LogP contribution is 2.22. The first-order valence-corrected chi connectivity index (χ1v) is 8.57. The van der Waals surface area contributed by atoms with Crippen LogP contribution in [0.3, 0.4) is 0 Å². The summed E-state index contributed by atoms with van der Waals surface area (Å²) in [7, 11) is 0.